The topological polar surface area (TPSA) is 93.6 Å². The number of pyridine rings is 1. The number of fused-ring (bicyclic) bond motifs is 3. The van der Waals surface area contributed by atoms with Crippen LogP contribution in [0, 0.1) is 5.92 Å². The Labute approximate surface area is 290 Å². The molecule has 5 rings (SSSR count). The molecule has 1 unspecified atom stereocenters. The number of nitrogens with zero attached hydrogens (tertiary/aromatic N) is 3. The number of carboxylic acid groups (broad SMARTS) is 1. The van der Waals surface area contributed by atoms with E-state index >= 15 is 0 Å². The molecule has 1 aromatic heterocycles. The quantitative estimate of drug-likeness (QED) is 0.151. The van der Waals surface area contributed by atoms with Crippen LogP contribution in [0.25, 0.3) is 11.1 Å². The van der Waals surface area contributed by atoms with Crippen molar-refractivity contribution in [1.29, 1.82) is 0 Å². The molecule has 0 aliphatic carbocycles. The van der Waals surface area contributed by atoms with Crippen LogP contribution in [0.5, 0.6) is 23.0 Å². The third-order valence-electron chi connectivity index (χ3n) is 8.77. The van der Waals surface area contributed by atoms with E-state index in [9.17, 15) is 9.90 Å². The molecule has 0 spiro atoms. The maximum absolute atomic E-state index is 12.3. The Bertz CT molecular complexity index is 1670. The molecule has 3 aromatic carbocycles. The highest BCUT2D eigenvalue weighted by molar-refractivity contribution is 5.78. The maximum atomic E-state index is 12.3. The van der Waals surface area contributed by atoms with Gasteiger partial charge in [0.15, 0.2) is 0 Å². The van der Waals surface area contributed by atoms with Gasteiger partial charge in [-0.1, -0.05) is 38.1 Å². The van der Waals surface area contributed by atoms with E-state index in [2.05, 4.69) is 49.1 Å². The van der Waals surface area contributed by atoms with Crippen LogP contribution in [-0.2, 0) is 13.1 Å². The van der Waals surface area contributed by atoms with Crippen LogP contribution in [0.4, 0.5) is 10.6 Å². The fourth-order valence-corrected chi connectivity index (χ4v) is 6.45. The minimum atomic E-state index is -0.946. The molecule has 0 saturated heterocycles. The minimum Gasteiger partial charge on any atom is -0.497 e. The molecule has 1 N–H and O–H groups in total. The summed E-state index contributed by atoms with van der Waals surface area (Å²) in [5, 5.41) is 10.1. The monoisotopic (exact) mass is 667 g/mol. The molecule has 1 aliphatic heterocycles. The second-order valence-electron chi connectivity index (χ2n) is 14.0. The van der Waals surface area contributed by atoms with E-state index in [4.69, 9.17) is 23.9 Å². The minimum absolute atomic E-state index is 0.215. The zero-order valence-electron chi connectivity index (χ0n) is 29.9. The number of carbonyl (C=O) groups is 1. The largest absolute Gasteiger partial charge is 0.497 e. The fraction of sp³-hybridized carbons (Fsp3) is 0.400. The summed E-state index contributed by atoms with van der Waals surface area (Å²) in [4.78, 5) is 21.0. The number of amides is 1. The Hall–Kier alpha value is -4.92. The van der Waals surface area contributed by atoms with Crippen molar-refractivity contribution in [2.24, 2.45) is 5.92 Å². The number of hydrogen-bond donors (Lipinski definition) is 1. The highest BCUT2D eigenvalue weighted by atomic mass is 16.5. The number of rotatable bonds is 13. The standard InChI is InChI=1S/C40H49N3O6/c1-26(2)19-30(43(39(44)45)40(4,5)6)25-48-33-17-18-34-35-21-38(41-22-36(35)27(3)49-37(34)20-33)42(23-28-9-13-31(46-7)14-10-28)24-29-11-15-32(47-8)16-12-29/h9-18,20-22,26-27,30H,19,23-25H2,1-8H3,(H,44,45)/t27?,30-/m0/s1. The van der Waals surface area contributed by atoms with Gasteiger partial charge in [-0.2, -0.15) is 0 Å². The molecule has 2 atom stereocenters. The first-order valence-electron chi connectivity index (χ1n) is 16.8. The van der Waals surface area contributed by atoms with Gasteiger partial charge < -0.3 is 29.0 Å². The molecular formula is C40H49N3O6. The highest BCUT2D eigenvalue weighted by Crippen LogP contribution is 2.45. The van der Waals surface area contributed by atoms with Gasteiger partial charge in [-0.05, 0) is 99.2 Å². The van der Waals surface area contributed by atoms with E-state index in [-0.39, 0.29) is 18.8 Å². The van der Waals surface area contributed by atoms with E-state index in [1.807, 2.05) is 76.4 Å². The van der Waals surface area contributed by atoms with Crippen molar-refractivity contribution in [2.75, 3.05) is 25.7 Å². The molecule has 4 aromatic rings. The van der Waals surface area contributed by atoms with Crippen LogP contribution in [0.2, 0.25) is 0 Å². The van der Waals surface area contributed by atoms with Crippen LogP contribution in [0.15, 0.2) is 79.0 Å². The molecule has 0 fully saturated rings. The average Bonchev–Trinajstić information content (AvgIpc) is 3.06. The summed E-state index contributed by atoms with van der Waals surface area (Å²) in [6.45, 7) is 13.5. The molecule has 2 heterocycles. The molecule has 1 aliphatic rings. The molecule has 260 valence electrons. The molecule has 9 nitrogen and oxygen atoms in total. The Balaban J connectivity index is 1.44. The van der Waals surface area contributed by atoms with E-state index in [0.717, 1.165) is 50.9 Å². The first-order chi connectivity index (χ1) is 23.4. The third-order valence-corrected chi connectivity index (χ3v) is 8.77. The zero-order valence-corrected chi connectivity index (χ0v) is 29.9. The lowest BCUT2D eigenvalue weighted by molar-refractivity contribution is 0.0433. The van der Waals surface area contributed by atoms with Crippen molar-refractivity contribution in [1.82, 2.24) is 9.88 Å². The number of hydrogen-bond acceptors (Lipinski definition) is 7. The van der Waals surface area contributed by atoms with E-state index in [1.54, 1.807) is 14.2 Å². The van der Waals surface area contributed by atoms with E-state index in [0.29, 0.717) is 31.2 Å². The molecular weight excluding hydrogens is 618 g/mol. The zero-order chi connectivity index (χ0) is 35.3. The summed E-state index contributed by atoms with van der Waals surface area (Å²) in [7, 11) is 3.34. The molecule has 0 bridgehead atoms. The number of methoxy groups -OCH3 is 2. The molecule has 0 saturated carbocycles. The van der Waals surface area contributed by atoms with Gasteiger partial charge in [0.05, 0.1) is 20.3 Å². The van der Waals surface area contributed by atoms with Crippen LogP contribution in [0.3, 0.4) is 0 Å². The molecule has 9 heteroatoms. The van der Waals surface area contributed by atoms with Crippen LogP contribution < -0.4 is 23.8 Å². The van der Waals surface area contributed by atoms with Gasteiger partial charge in [-0.15, -0.1) is 0 Å². The van der Waals surface area contributed by atoms with Gasteiger partial charge in [-0.3, -0.25) is 4.90 Å². The summed E-state index contributed by atoms with van der Waals surface area (Å²) in [5.41, 5.74) is 4.74. The number of aromatic nitrogens is 1. The van der Waals surface area contributed by atoms with Crippen LogP contribution >= 0.6 is 0 Å². The lowest BCUT2D eigenvalue weighted by Gasteiger charge is -2.40. The SMILES string of the molecule is COc1ccc(CN(Cc2ccc(OC)cc2)c2cc3c(cn2)C(C)Oc2cc(OC[C@H](CC(C)C)N(C(=O)O)C(C)(C)C)ccc2-3)cc1. The summed E-state index contributed by atoms with van der Waals surface area (Å²) in [5.74, 6) is 4.14. The van der Waals surface area contributed by atoms with Crippen molar-refractivity contribution in [3.63, 3.8) is 0 Å². The lowest BCUT2D eigenvalue weighted by Crippen LogP contribution is -2.53. The van der Waals surface area contributed by atoms with E-state index < -0.39 is 11.6 Å². The smallest absolute Gasteiger partial charge is 0.408 e. The van der Waals surface area contributed by atoms with Gasteiger partial charge in [0.2, 0.25) is 0 Å². The summed E-state index contributed by atoms with van der Waals surface area (Å²) < 4.78 is 23.4. The van der Waals surface area contributed by atoms with Gasteiger partial charge in [0, 0.05) is 42.0 Å². The summed E-state index contributed by atoms with van der Waals surface area (Å²) in [6.07, 6.45) is 1.45. The highest BCUT2D eigenvalue weighted by Gasteiger charge is 2.34. The van der Waals surface area contributed by atoms with Gasteiger partial charge >= 0.3 is 6.09 Å². The summed E-state index contributed by atoms with van der Waals surface area (Å²) >= 11 is 0. The molecule has 0 radical (unpaired) electrons. The number of benzene rings is 3. The normalized spacial score (nSPS) is 14.3. The second kappa shape index (κ2) is 15.1. The Morgan fingerprint density at radius 2 is 1.45 bits per heavy atom. The Kier molecular flexibility index (Phi) is 10.9. The predicted octanol–water partition coefficient (Wildman–Crippen LogP) is 9.00. The van der Waals surface area contributed by atoms with Crippen molar-refractivity contribution in [2.45, 2.75) is 78.7 Å². The second-order valence-corrected chi connectivity index (χ2v) is 14.0. The fourth-order valence-electron chi connectivity index (χ4n) is 6.45. The predicted molar refractivity (Wildman–Crippen MR) is 193 cm³/mol. The third kappa shape index (κ3) is 8.57. The number of anilines is 1. The number of ether oxygens (including phenoxy) is 4. The van der Waals surface area contributed by atoms with Gasteiger partial charge in [0.1, 0.15) is 41.5 Å². The Morgan fingerprint density at radius 1 is 0.878 bits per heavy atom. The average molecular weight is 668 g/mol. The van der Waals surface area contributed by atoms with Crippen molar-refractivity contribution in [3.8, 4) is 34.1 Å². The maximum Gasteiger partial charge on any atom is 0.408 e. The molecule has 49 heavy (non-hydrogen) atoms. The van der Waals surface area contributed by atoms with Crippen molar-refractivity contribution < 1.29 is 28.8 Å². The van der Waals surface area contributed by atoms with Crippen LogP contribution in [0.1, 0.15) is 70.8 Å². The lowest BCUT2D eigenvalue weighted by atomic mass is 9.94. The first kappa shape index (κ1) is 35.4. The van der Waals surface area contributed by atoms with Gasteiger partial charge in [-0.25, -0.2) is 9.78 Å². The van der Waals surface area contributed by atoms with Crippen LogP contribution in [-0.4, -0.2) is 53.5 Å². The van der Waals surface area contributed by atoms with Crippen molar-refractivity contribution >= 4 is 11.9 Å². The first-order valence-corrected chi connectivity index (χ1v) is 16.8. The van der Waals surface area contributed by atoms with Gasteiger partial charge in [0.25, 0.3) is 0 Å². The molecule has 1 amide bonds. The summed E-state index contributed by atoms with van der Waals surface area (Å²) in [6, 6.07) is 23.9. The van der Waals surface area contributed by atoms with E-state index in [1.165, 1.54) is 4.90 Å². The Morgan fingerprint density at radius 3 is 1.96 bits per heavy atom. The van der Waals surface area contributed by atoms with Crippen molar-refractivity contribution in [3.05, 3.63) is 95.7 Å².